The first kappa shape index (κ1) is 22.5. The molecule has 9 nitrogen and oxygen atoms in total. The van der Waals surface area contributed by atoms with Gasteiger partial charge >= 0.3 is 0 Å². The molecule has 4 rings (SSSR count). The maximum atomic E-state index is 5.88. The van der Waals surface area contributed by atoms with Gasteiger partial charge in [-0.15, -0.1) is 10.2 Å². The van der Waals surface area contributed by atoms with Crippen LogP contribution in [0.1, 0.15) is 18.3 Å². The molecule has 4 aromatic rings. The second kappa shape index (κ2) is 9.86. The highest BCUT2D eigenvalue weighted by atomic mass is 32.2. The Hall–Kier alpha value is -3.66. The fourth-order valence-corrected chi connectivity index (χ4v) is 4.05. The van der Waals surface area contributed by atoms with Gasteiger partial charge in [-0.3, -0.25) is 4.57 Å². The first-order valence-electron chi connectivity index (χ1n) is 10.5. The molecule has 0 fully saturated rings. The van der Waals surface area contributed by atoms with Crippen molar-refractivity contribution in [3.8, 4) is 22.8 Å². The van der Waals surface area contributed by atoms with E-state index in [1.54, 1.807) is 4.90 Å². The van der Waals surface area contributed by atoms with Crippen LogP contribution in [0.15, 0.2) is 53.7 Å². The number of nitrogens with zero attached hydrogens (tertiary/aromatic N) is 7. The third kappa shape index (κ3) is 5.23. The summed E-state index contributed by atoms with van der Waals surface area (Å²) in [5.74, 6) is 3.34. The van der Waals surface area contributed by atoms with Crippen LogP contribution in [0.5, 0.6) is 5.75 Å². The number of hydrogen-bond acceptors (Lipinski definition) is 9. The van der Waals surface area contributed by atoms with Gasteiger partial charge in [0.2, 0.25) is 11.9 Å². The summed E-state index contributed by atoms with van der Waals surface area (Å²) in [6.07, 6.45) is 0. The van der Waals surface area contributed by atoms with Crippen LogP contribution in [0.25, 0.3) is 17.1 Å². The minimum Gasteiger partial charge on any atom is -0.494 e. The van der Waals surface area contributed by atoms with Crippen molar-refractivity contribution >= 4 is 23.7 Å². The van der Waals surface area contributed by atoms with E-state index in [9.17, 15) is 0 Å². The number of thioether (sulfide) groups is 1. The van der Waals surface area contributed by atoms with Crippen molar-refractivity contribution in [2.45, 2.75) is 24.8 Å². The zero-order chi connectivity index (χ0) is 23.4. The van der Waals surface area contributed by atoms with Gasteiger partial charge in [0, 0.05) is 25.3 Å². The Morgan fingerprint density at radius 3 is 2.52 bits per heavy atom. The molecule has 0 aliphatic heterocycles. The normalized spacial score (nSPS) is 10.9. The van der Waals surface area contributed by atoms with Crippen LogP contribution in [0.2, 0.25) is 0 Å². The predicted octanol–water partition coefficient (Wildman–Crippen LogP) is 3.77. The van der Waals surface area contributed by atoms with Crippen LogP contribution < -0.4 is 15.4 Å². The monoisotopic (exact) mass is 462 g/mol. The molecule has 0 saturated heterocycles. The first-order chi connectivity index (χ1) is 15.9. The molecule has 0 atom stereocenters. The van der Waals surface area contributed by atoms with Gasteiger partial charge in [0.05, 0.1) is 12.4 Å². The number of rotatable bonds is 8. The maximum absolute atomic E-state index is 5.88. The molecule has 170 valence electrons. The molecular weight excluding hydrogens is 436 g/mol. The number of aromatic nitrogens is 6. The largest absolute Gasteiger partial charge is 0.494 e. The number of nitrogens with two attached hydrogens (primary N) is 1. The molecular formula is C23H26N8OS. The fourth-order valence-electron chi connectivity index (χ4n) is 3.24. The highest BCUT2D eigenvalue weighted by Gasteiger charge is 2.18. The summed E-state index contributed by atoms with van der Waals surface area (Å²) in [6.45, 7) is 4.64. The van der Waals surface area contributed by atoms with E-state index in [-0.39, 0.29) is 5.95 Å². The Labute approximate surface area is 197 Å². The maximum Gasteiger partial charge on any atom is 0.229 e. The summed E-state index contributed by atoms with van der Waals surface area (Å²) < 4.78 is 7.64. The minimum atomic E-state index is 0.192. The number of benzene rings is 2. The molecule has 0 unspecified atom stereocenters. The van der Waals surface area contributed by atoms with Crippen molar-refractivity contribution < 1.29 is 4.74 Å². The number of anilines is 2. The Bertz CT molecular complexity index is 1240. The number of aryl methyl sites for hydroxylation is 1. The SMILES string of the molecule is CCOc1ccc(-n2c(SCc3nc(N)nc(N(C)C)n3)nnc2-c2cccc(C)c2)cc1. The highest BCUT2D eigenvalue weighted by Crippen LogP contribution is 2.30. The highest BCUT2D eigenvalue weighted by molar-refractivity contribution is 7.98. The standard InChI is InChI=1S/C23H26N8OS/c1-5-32-18-11-9-17(10-12-18)31-20(16-8-6-7-15(2)13-16)28-29-23(31)33-14-19-25-21(24)27-22(26-19)30(3)4/h6-13H,5,14H2,1-4H3,(H2,24,25,26,27). The molecule has 0 radical (unpaired) electrons. The first-order valence-corrected chi connectivity index (χ1v) is 11.5. The van der Waals surface area contributed by atoms with Gasteiger partial charge < -0.3 is 15.4 Å². The zero-order valence-corrected chi connectivity index (χ0v) is 19.9. The number of hydrogen-bond donors (Lipinski definition) is 1. The lowest BCUT2D eigenvalue weighted by atomic mass is 10.1. The van der Waals surface area contributed by atoms with Gasteiger partial charge in [0.25, 0.3) is 0 Å². The van der Waals surface area contributed by atoms with E-state index in [1.807, 2.05) is 62.0 Å². The van der Waals surface area contributed by atoms with E-state index in [2.05, 4.69) is 44.2 Å². The van der Waals surface area contributed by atoms with Gasteiger partial charge in [0.1, 0.15) is 11.6 Å². The molecule has 0 aliphatic rings. The average molecular weight is 463 g/mol. The zero-order valence-electron chi connectivity index (χ0n) is 19.1. The third-order valence-corrected chi connectivity index (χ3v) is 5.66. The van der Waals surface area contributed by atoms with Gasteiger partial charge in [-0.2, -0.15) is 15.0 Å². The molecule has 0 spiro atoms. The van der Waals surface area contributed by atoms with Gasteiger partial charge in [-0.05, 0) is 44.2 Å². The van der Waals surface area contributed by atoms with Crippen molar-refractivity contribution in [3.05, 3.63) is 59.9 Å². The molecule has 2 aromatic carbocycles. The summed E-state index contributed by atoms with van der Waals surface area (Å²) in [6, 6.07) is 16.1. The lowest BCUT2D eigenvalue weighted by Crippen LogP contribution is -2.16. The smallest absolute Gasteiger partial charge is 0.229 e. The molecule has 0 amide bonds. The summed E-state index contributed by atoms with van der Waals surface area (Å²) in [4.78, 5) is 14.7. The van der Waals surface area contributed by atoms with Crippen LogP contribution in [0.3, 0.4) is 0 Å². The molecule has 10 heteroatoms. The minimum absolute atomic E-state index is 0.192. The Morgan fingerprint density at radius 1 is 1.03 bits per heavy atom. The molecule has 0 aliphatic carbocycles. The molecule has 2 aromatic heterocycles. The van der Waals surface area contributed by atoms with Gasteiger partial charge in [-0.1, -0.05) is 35.5 Å². The molecule has 2 N–H and O–H groups in total. The van der Waals surface area contributed by atoms with E-state index in [1.165, 1.54) is 11.8 Å². The average Bonchev–Trinajstić information content (AvgIpc) is 3.22. The second-order valence-corrected chi connectivity index (χ2v) is 8.47. The van der Waals surface area contributed by atoms with E-state index < -0.39 is 0 Å². The van der Waals surface area contributed by atoms with E-state index in [0.29, 0.717) is 24.1 Å². The van der Waals surface area contributed by atoms with Crippen molar-refractivity contribution in [1.82, 2.24) is 29.7 Å². The Morgan fingerprint density at radius 2 is 1.82 bits per heavy atom. The van der Waals surface area contributed by atoms with Crippen LogP contribution in [0, 0.1) is 6.92 Å². The van der Waals surface area contributed by atoms with Gasteiger partial charge in [0.15, 0.2) is 11.0 Å². The fraction of sp³-hybridized carbons (Fsp3) is 0.261. The predicted molar refractivity (Wildman–Crippen MR) is 131 cm³/mol. The van der Waals surface area contributed by atoms with Crippen LogP contribution in [-0.2, 0) is 5.75 Å². The topological polar surface area (TPSA) is 108 Å². The van der Waals surface area contributed by atoms with E-state index in [4.69, 9.17) is 10.5 Å². The van der Waals surface area contributed by atoms with Crippen molar-refractivity contribution in [2.75, 3.05) is 31.3 Å². The molecule has 2 heterocycles. The second-order valence-electron chi connectivity index (χ2n) is 7.53. The molecule has 0 bridgehead atoms. The Kier molecular flexibility index (Phi) is 6.74. The quantitative estimate of drug-likeness (QED) is 0.391. The summed E-state index contributed by atoms with van der Waals surface area (Å²) >= 11 is 1.49. The van der Waals surface area contributed by atoms with Crippen LogP contribution in [0.4, 0.5) is 11.9 Å². The number of nitrogen functional groups attached to an aromatic ring is 1. The van der Waals surface area contributed by atoms with Crippen molar-refractivity contribution in [3.63, 3.8) is 0 Å². The lowest BCUT2D eigenvalue weighted by molar-refractivity contribution is 0.340. The van der Waals surface area contributed by atoms with Crippen molar-refractivity contribution in [1.29, 1.82) is 0 Å². The summed E-state index contributed by atoms with van der Waals surface area (Å²) in [7, 11) is 3.73. The van der Waals surface area contributed by atoms with Crippen LogP contribution in [-0.4, -0.2) is 50.4 Å². The molecule has 33 heavy (non-hydrogen) atoms. The molecule has 0 saturated carbocycles. The summed E-state index contributed by atoms with van der Waals surface area (Å²) in [5.41, 5.74) is 8.95. The van der Waals surface area contributed by atoms with E-state index >= 15 is 0 Å². The Balaban J connectivity index is 1.71. The number of ether oxygens (including phenoxy) is 1. The van der Waals surface area contributed by atoms with Gasteiger partial charge in [-0.25, -0.2) is 0 Å². The van der Waals surface area contributed by atoms with Crippen molar-refractivity contribution in [2.24, 2.45) is 0 Å². The summed E-state index contributed by atoms with van der Waals surface area (Å²) in [5, 5.41) is 9.72. The van der Waals surface area contributed by atoms with Crippen LogP contribution >= 0.6 is 11.8 Å². The van der Waals surface area contributed by atoms with E-state index in [0.717, 1.165) is 33.5 Å². The lowest BCUT2D eigenvalue weighted by Gasteiger charge is -2.13. The third-order valence-electron chi connectivity index (χ3n) is 4.73.